The van der Waals surface area contributed by atoms with E-state index in [9.17, 15) is 9.18 Å². The average molecular weight is 314 g/mol. The van der Waals surface area contributed by atoms with Crippen LogP contribution in [0.1, 0.15) is 19.8 Å². The highest BCUT2D eigenvalue weighted by Crippen LogP contribution is 2.20. The number of hydrogen-bond acceptors (Lipinski definition) is 4. The summed E-state index contributed by atoms with van der Waals surface area (Å²) in [6.45, 7) is 3.49. The second-order valence-electron chi connectivity index (χ2n) is 5.69. The van der Waals surface area contributed by atoms with Crippen molar-refractivity contribution in [2.75, 3.05) is 18.4 Å². The molecule has 23 heavy (non-hydrogen) atoms. The highest BCUT2D eigenvalue weighted by molar-refractivity contribution is 5.84. The van der Waals surface area contributed by atoms with E-state index in [0.29, 0.717) is 11.5 Å². The fourth-order valence-electron chi connectivity index (χ4n) is 2.71. The molecule has 1 fully saturated rings. The van der Waals surface area contributed by atoms with Gasteiger partial charge in [0.1, 0.15) is 24.0 Å². The van der Waals surface area contributed by atoms with E-state index in [0.717, 1.165) is 31.5 Å². The molecule has 0 saturated carbocycles. The molecule has 5 nitrogen and oxygen atoms in total. The van der Waals surface area contributed by atoms with E-state index in [1.54, 1.807) is 18.2 Å². The Kier molecular flexibility index (Phi) is 4.50. The summed E-state index contributed by atoms with van der Waals surface area (Å²) in [6, 6.07) is 7.54. The monoisotopic (exact) mass is 314 g/mol. The number of amides is 1. The van der Waals surface area contributed by atoms with Crippen LogP contribution in [0.25, 0.3) is 11.3 Å². The van der Waals surface area contributed by atoms with Crippen LogP contribution >= 0.6 is 0 Å². The quantitative estimate of drug-likeness (QED) is 0.942. The molecular weight excluding hydrogens is 295 g/mol. The maximum absolute atomic E-state index is 13.0. The lowest BCUT2D eigenvalue weighted by molar-refractivity contribution is -0.130. The number of rotatable bonds is 4. The number of hydrogen-bond donors (Lipinski definition) is 1. The van der Waals surface area contributed by atoms with Crippen molar-refractivity contribution in [3.8, 4) is 11.3 Å². The van der Waals surface area contributed by atoms with Crippen LogP contribution < -0.4 is 5.32 Å². The molecule has 1 saturated heterocycles. The third-order valence-corrected chi connectivity index (χ3v) is 3.96. The molecule has 3 rings (SSSR count). The van der Waals surface area contributed by atoms with Gasteiger partial charge in [-0.2, -0.15) is 0 Å². The number of likely N-dealkylation sites (tertiary alicyclic amines) is 1. The molecule has 0 radical (unpaired) electrons. The normalized spacial score (nSPS) is 15.5. The molecular formula is C17H19FN4O. The van der Waals surface area contributed by atoms with E-state index in [-0.39, 0.29) is 17.8 Å². The van der Waals surface area contributed by atoms with Crippen molar-refractivity contribution in [3.05, 3.63) is 42.5 Å². The summed E-state index contributed by atoms with van der Waals surface area (Å²) >= 11 is 0. The highest BCUT2D eigenvalue weighted by atomic mass is 19.1. The molecule has 120 valence electrons. The van der Waals surface area contributed by atoms with Crippen LogP contribution in [-0.4, -0.2) is 39.9 Å². The first-order valence-corrected chi connectivity index (χ1v) is 7.77. The summed E-state index contributed by atoms with van der Waals surface area (Å²) in [5.41, 5.74) is 1.48. The zero-order valence-corrected chi connectivity index (χ0v) is 13.0. The minimum atomic E-state index is -0.343. The molecule has 1 aromatic carbocycles. The average Bonchev–Trinajstić information content (AvgIpc) is 3.09. The van der Waals surface area contributed by atoms with Crippen molar-refractivity contribution in [2.24, 2.45) is 0 Å². The van der Waals surface area contributed by atoms with Crippen LogP contribution in [0.4, 0.5) is 10.2 Å². The van der Waals surface area contributed by atoms with Crippen LogP contribution in [0, 0.1) is 5.82 Å². The van der Waals surface area contributed by atoms with E-state index >= 15 is 0 Å². The predicted octanol–water partition coefficient (Wildman–Crippen LogP) is 2.71. The van der Waals surface area contributed by atoms with Crippen molar-refractivity contribution in [3.63, 3.8) is 0 Å². The molecule has 1 aromatic heterocycles. The summed E-state index contributed by atoms with van der Waals surface area (Å²) in [5.74, 6) is 0.384. The van der Waals surface area contributed by atoms with E-state index in [1.165, 1.54) is 18.5 Å². The Morgan fingerprint density at radius 2 is 1.91 bits per heavy atom. The number of benzene rings is 1. The van der Waals surface area contributed by atoms with Crippen LogP contribution in [0.15, 0.2) is 36.7 Å². The first kappa shape index (κ1) is 15.4. The van der Waals surface area contributed by atoms with Crippen molar-refractivity contribution >= 4 is 11.7 Å². The fourth-order valence-corrected chi connectivity index (χ4v) is 2.71. The van der Waals surface area contributed by atoms with Gasteiger partial charge < -0.3 is 10.2 Å². The van der Waals surface area contributed by atoms with Crippen LogP contribution in [0.5, 0.6) is 0 Å². The molecule has 0 aliphatic carbocycles. The number of anilines is 1. The number of halogens is 1. The molecule has 0 bridgehead atoms. The van der Waals surface area contributed by atoms with Crippen molar-refractivity contribution in [1.29, 1.82) is 0 Å². The summed E-state index contributed by atoms with van der Waals surface area (Å²) in [4.78, 5) is 22.6. The molecule has 0 spiro atoms. The van der Waals surface area contributed by atoms with Gasteiger partial charge in [0.15, 0.2) is 0 Å². The molecule has 1 aliphatic heterocycles. The van der Waals surface area contributed by atoms with Gasteiger partial charge in [0.2, 0.25) is 5.91 Å². The lowest BCUT2D eigenvalue weighted by Crippen LogP contribution is -2.39. The first-order valence-electron chi connectivity index (χ1n) is 7.77. The standard InChI is InChI=1S/C17H19FN4O/c1-12(17(23)22-8-2-3-9-22)21-16-10-15(19-11-20-16)13-4-6-14(18)7-5-13/h4-7,10-12H,2-3,8-9H2,1H3,(H,19,20,21)/t12-/m1/s1. The number of carbonyl (C=O) groups is 1. The summed E-state index contributed by atoms with van der Waals surface area (Å²) in [5, 5.41) is 3.12. The number of nitrogens with one attached hydrogen (secondary N) is 1. The van der Waals surface area contributed by atoms with E-state index in [1.807, 2.05) is 11.8 Å². The van der Waals surface area contributed by atoms with Gasteiger partial charge in [0, 0.05) is 24.7 Å². The van der Waals surface area contributed by atoms with E-state index in [2.05, 4.69) is 15.3 Å². The molecule has 2 heterocycles. The predicted molar refractivity (Wildman–Crippen MR) is 86.3 cm³/mol. The molecule has 1 amide bonds. The number of carbonyl (C=O) groups excluding carboxylic acids is 1. The molecule has 6 heteroatoms. The second kappa shape index (κ2) is 6.73. The molecule has 2 aromatic rings. The van der Waals surface area contributed by atoms with Gasteiger partial charge in [0.25, 0.3) is 0 Å². The Hall–Kier alpha value is -2.50. The Balaban J connectivity index is 1.72. The number of nitrogens with zero attached hydrogens (tertiary/aromatic N) is 3. The van der Waals surface area contributed by atoms with E-state index < -0.39 is 0 Å². The van der Waals surface area contributed by atoms with Gasteiger partial charge in [0.05, 0.1) is 5.69 Å². The SMILES string of the molecule is C[C@@H](Nc1cc(-c2ccc(F)cc2)ncn1)C(=O)N1CCCC1. The van der Waals surface area contributed by atoms with Crippen molar-refractivity contribution in [1.82, 2.24) is 14.9 Å². The minimum absolute atomic E-state index is 0.0874. The molecule has 1 N–H and O–H groups in total. The lowest BCUT2D eigenvalue weighted by atomic mass is 10.1. The Bertz CT molecular complexity index is 683. The van der Waals surface area contributed by atoms with Crippen LogP contribution in [0.2, 0.25) is 0 Å². The first-order chi connectivity index (χ1) is 11.1. The molecule has 1 atom stereocenters. The maximum Gasteiger partial charge on any atom is 0.244 e. The molecule has 0 unspecified atom stereocenters. The van der Waals surface area contributed by atoms with Gasteiger partial charge in [-0.25, -0.2) is 14.4 Å². The van der Waals surface area contributed by atoms with Gasteiger partial charge in [-0.1, -0.05) is 0 Å². The van der Waals surface area contributed by atoms with Gasteiger partial charge in [-0.3, -0.25) is 4.79 Å². The lowest BCUT2D eigenvalue weighted by Gasteiger charge is -2.21. The van der Waals surface area contributed by atoms with Crippen molar-refractivity contribution < 1.29 is 9.18 Å². The largest absolute Gasteiger partial charge is 0.359 e. The summed E-state index contributed by atoms with van der Waals surface area (Å²) in [7, 11) is 0. The van der Waals surface area contributed by atoms with Crippen LogP contribution in [-0.2, 0) is 4.79 Å². The topological polar surface area (TPSA) is 58.1 Å². The zero-order valence-electron chi connectivity index (χ0n) is 13.0. The third-order valence-electron chi connectivity index (χ3n) is 3.96. The second-order valence-corrected chi connectivity index (χ2v) is 5.69. The molecule has 1 aliphatic rings. The number of aromatic nitrogens is 2. The maximum atomic E-state index is 13.0. The van der Waals surface area contributed by atoms with E-state index in [4.69, 9.17) is 0 Å². The Labute approximate surface area is 134 Å². The minimum Gasteiger partial charge on any atom is -0.359 e. The van der Waals surface area contributed by atoms with Gasteiger partial charge in [-0.15, -0.1) is 0 Å². The fraction of sp³-hybridized carbons (Fsp3) is 0.353. The highest BCUT2D eigenvalue weighted by Gasteiger charge is 2.23. The van der Waals surface area contributed by atoms with Gasteiger partial charge >= 0.3 is 0 Å². The zero-order chi connectivity index (χ0) is 16.2. The smallest absolute Gasteiger partial charge is 0.244 e. The summed E-state index contributed by atoms with van der Waals surface area (Å²) in [6.07, 6.45) is 3.58. The van der Waals surface area contributed by atoms with Crippen LogP contribution in [0.3, 0.4) is 0 Å². The third kappa shape index (κ3) is 3.64. The van der Waals surface area contributed by atoms with Gasteiger partial charge in [-0.05, 0) is 44.0 Å². The van der Waals surface area contributed by atoms with Crippen molar-refractivity contribution in [2.45, 2.75) is 25.8 Å². The Morgan fingerprint density at radius 3 is 2.61 bits per heavy atom. The summed E-state index contributed by atoms with van der Waals surface area (Å²) < 4.78 is 13.0. The Morgan fingerprint density at radius 1 is 1.22 bits per heavy atom.